The van der Waals surface area contributed by atoms with Crippen LogP contribution >= 0.6 is 11.6 Å². The predicted molar refractivity (Wildman–Crippen MR) is 68.4 cm³/mol. The number of hydrogen-bond donors (Lipinski definition) is 0. The number of nitrogens with zero attached hydrogens (tertiary/aromatic N) is 2. The highest BCUT2D eigenvalue weighted by Crippen LogP contribution is 2.06. The predicted octanol–water partition coefficient (Wildman–Crippen LogP) is 0.762. The molecule has 19 heavy (non-hydrogen) atoms. The van der Waals surface area contributed by atoms with Crippen LogP contribution in [0.1, 0.15) is 0 Å². The summed E-state index contributed by atoms with van der Waals surface area (Å²) >= 11 is 5.35. The Bertz CT molecular complexity index is 295. The number of halogens is 1. The SMILES string of the molecule is COCCOCCOC(=O)N1CCN(C(=O)Cl)CC1. The Kier molecular flexibility index (Phi) is 7.54. The molecule has 1 aliphatic heterocycles. The van der Waals surface area contributed by atoms with Gasteiger partial charge in [0.2, 0.25) is 0 Å². The van der Waals surface area contributed by atoms with E-state index in [0.29, 0.717) is 46.0 Å². The van der Waals surface area contributed by atoms with Crippen LogP contribution in [-0.4, -0.2) is 81.0 Å². The van der Waals surface area contributed by atoms with Crippen LogP contribution in [0.4, 0.5) is 9.59 Å². The molecular formula is C11H19ClN2O5. The first-order valence-electron chi connectivity index (χ1n) is 6.08. The Morgan fingerprint density at radius 2 is 1.58 bits per heavy atom. The fourth-order valence-corrected chi connectivity index (χ4v) is 1.76. The number of methoxy groups -OCH3 is 1. The molecule has 0 radical (unpaired) electrons. The number of ether oxygens (including phenoxy) is 3. The van der Waals surface area contributed by atoms with Gasteiger partial charge in [-0.1, -0.05) is 0 Å². The third kappa shape index (κ3) is 6.09. The van der Waals surface area contributed by atoms with E-state index in [0.717, 1.165) is 0 Å². The molecule has 0 saturated carbocycles. The number of amides is 2. The summed E-state index contributed by atoms with van der Waals surface area (Å²) in [6.45, 7) is 3.27. The minimum absolute atomic E-state index is 0.206. The Balaban J connectivity index is 2.09. The van der Waals surface area contributed by atoms with Gasteiger partial charge in [0.05, 0.1) is 19.8 Å². The largest absolute Gasteiger partial charge is 0.447 e. The molecular weight excluding hydrogens is 276 g/mol. The van der Waals surface area contributed by atoms with Crippen molar-refractivity contribution in [3.05, 3.63) is 0 Å². The summed E-state index contributed by atoms with van der Waals surface area (Å²) < 4.78 is 15.0. The molecule has 0 aromatic rings. The first-order valence-corrected chi connectivity index (χ1v) is 6.45. The molecule has 8 heteroatoms. The summed E-state index contributed by atoms with van der Waals surface area (Å²) in [5, 5.41) is -0.487. The van der Waals surface area contributed by atoms with Crippen molar-refractivity contribution >= 4 is 23.1 Å². The lowest BCUT2D eigenvalue weighted by molar-refractivity contribution is 0.0296. The van der Waals surface area contributed by atoms with Gasteiger partial charge in [-0.05, 0) is 11.6 Å². The van der Waals surface area contributed by atoms with Gasteiger partial charge >= 0.3 is 11.5 Å². The molecule has 0 bridgehead atoms. The molecule has 1 heterocycles. The molecule has 1 saturated heterocycles. The Morgan fingerprint density at radius 1 is 1.00 bits per heavy atom. The zero-order valence-electron chi connectivity index (χ0n) is 11.0. The normalized spacial score (nSPS) is 15.5. The molecule has 0 aliphatic carbocycles. The van der Waals surface area contributed by atoms with E-state index >= 15 is 0 Å². The summed E-state index contributed by atoms with van der Waals surface area (Å²) in [5.74, 6) is 0. The Morgan fingerprint density at radius 3 is 2.16 bits per heavy atom. The van der Waals surface area contributed by atoms with Crippen LogP contribution in [0.3, 0.4) is 0 Å². The maximum atomic E-state index is 11.7. The van der Waals surface area contributed by atoms with Gasteiger partial charge < -0.3 is 24.0 Å². The first-order chi connectivity index (χ1) is 9.15. The number of hydrogen-bond acceptors (Lipinski definition) is 5. The van der Waals surface area contributed by atoms with Gasteiger partial charge in [-0.25, -0.2) is 4.79 Å². The first kappa shape index (κ1) is 16.0. The summed E-state index contributed by atoms with van der Waals surface area (Å²) in [4.78, 5) is 25.6. The second kappa shape index (κ2) is 8.95. The van der Waals surface area contributed by atoms with E-state index in [4.69, 9.17) is 25.8 Å². The highest BCUT2D eigenvalue weighted by atomic mass is 35.5. The van der Waals surface area contributed by atoms with Crippen LogP contribution < -0.4 is 0 Å². The third-order valence-corrected chi connectivity index (χ3v) is 2.91. The summed E-state index contributed by atoms with van der Waals surface area (Å²) in [5.41, 5.74) is 0. The molecule has 0 aromatic heterocycles. The van der Waals surface area contributed by atoms with Crippen LogP contribution in [0.2, 0.25) is 0 Å². The Labute approximate surface area is 117 Å². The zero-order valence-corrected chi connectivity index (χ0v) is 11.7. The van der Waals surface area contributed by atoms with Crippen molar-refractivity contribution in [1.29, 1.82) is 0 Å². The van der Waals surface area contributed by atoms with Crippen molar-refractivity contribution < 1.29 is 23.8 Å². The van der Waals surface area contributed by atoms with Gasteiger partial charge in [-0.15, -0.1) is 0 Å². The van der Waals surface area contributed by atoms with E-state index in [1.807, 2.05) is 0 Å². The molecule has 110 valence electrons. The van der Waals surface area contributed by atoms with Crippen molar-refractivity contribution in [2.75, 3.05) is 59.7 Å². The van der Waals surface area contributed by atoms with Crippen LogP contribution in [0.25, 0.3) is 0 Å². The minimum Gasteiger partial charge on any atom is -0.447 e. The molecule has 0 unspecified atom stereocenters. The molecule has 0 N–H and O–H groups in total. The maximum absolute atomic E-state index is 11.7. The maximum Gasteiger partial charge on any atom is 0.409 e. The second-order valence-electron chi connectivity index (χ2n) is 3.95. The topological polar surface area (TPSA) is 68.3 Å². The van der Waals surface area contributed by atoms with E-state index in [2.05, 4.69) is 0 Å². The lowest BCUT2D eigenvalue weighted by atomic mass is 10.3. The molecule has 1 aliphatic rings. The second-order valence-corrected chi connectivity index (χ2v) is 4.27. The molecule has 1 rings (SSSR count). The van der Waals surface area contributed by atoms with Crippen LogP contribution in [-0.2, 0) is 14.2 Å². The smallest absolute Gasteiger partial charge is 0.409 e. The van der Waals surface area contributed by atoms with Gasteiger partial charge in [0.1, 0.15) is 6.61 Å². The zero-order chi connectivity index (χ0) is 14.1. The van der Waals surface area contributed by atoms with Crippen LogP contribution in [0, 0.1) is 0 Å². The van der Waals surface area contributed by atoms with Gasteiger partial charge in [0.25, 0.3) is 0 Å². The average molecular weight is 295 g/mol. The lowest BCUT2D eigenvalue weighted by Crippen LogP contribution is -2.49. The molecule has 0 aromatic carbocycles. The number of carbonyl (C=O) groups excluding carboxylic acids is 2. The van der Waals surface area contributed by atoms with Crippen LogP contribution in [0.5, 0.6) is 0 Å². The van der Waals surface area contributed by atoms with E-state index < -0.39 is 11.5 Å². The third-order valence-electron chi connectivity index (χ3n) is 2.67. The molecule has 0 atom stereocenters. The molecule has 0 spiro atoms. The summed E-state index contributed by atoms with van der Waals surface area (Å²) in [6, 6.07) is 0. The van der Waals surface area contributed by atoms with Gasteiger partial charge in [-0.3, -0.25) is 4.79 Å². The Hall–Kier alpha value is -1.05. The fourth-order valence-electron chi connectivity index (χ4n) is 1.59. The summed E-state index contributed by atoms with van der Waals surface area (Å²) in [6.07, 6.45) is -0.392. The fraction of sp³-hybridized carbons (Fsp3) is 0.818. The number of rotatable bonds is 6. The van der Waals surface area contributed by atoms with Crippen molar-refractivity contribution in [1.82, 2.24) is 9.80 Å². The van der Waals surface area contributed by atoms with Crippen molar-refractivity contribution in [2.24, 2.45) is 0 Å². The van der Waals surface area contributed by atoms with Crippen molar-refractivity contribution in [3.63, 3.8) is 0 Å². The quantitative estimate of drug-likeness (QED) is 0.411. The average Bonchev–Trinajstić information content (AvgIpc) is 2.42. The van der Waals surface area contributed by atoms with E-state index in [-0.39, 0.29) is 6.61 Å². The van der Waals surface area contributed by atoms with E-state index in [1.165, 1.54) is 4.90 Å². The monoisotopic (exact) mass is 294 g/mol. The van der Waals surface area contributed by atoms with Crippen molar-refractivity contribution in [2.45, 2.75) is 0 Å². The highest BCUT2D eigenvalue weighted by molar-refractivity contribution is 6.62. The van der Waals surface area contributed by atoms with Gasteiger partial charge in [0.15, 0.2) is 0 Å². The minimum atomic E-state index is -0.487. The highest BCUT2D eigenvalue weighted by Gasteiger charge is 2.23. The molecule has 2 amide bonds. The lowest BCUT2D eigenvalue weighted by Gasteiger charge is -2.32. The van der Waals surface area contributed by atoms with Gasteiger partial charge in [-0.2, -0.15) is 0 Å². The summed E-state index contributed by atoms with van der Waals surface area (Å²) in [7, 11) is 1.59. The van der Waals surface area contributed by atoms with E-state index in [1.54, 1.807) is 12.0 Å². The molecule has 7 nitrogen and oxygen atoms in total. The van der Waals surface area contributed by atoms with E-state index in [9.17, 15) is 9.59 Å². The molecule has 1 fully saturated rings. The standard InChI is InChI=1S/C11H19ClN2O5/c1-17-6-7-18-8-9-19-11(16)14-4-2-13(3-5-14)10(12)15/h2-9H2,1H3. The van der Waals surface area contributed by atoms with Crippen molar-refractivity contribution in [3.8, 4) is 0 Å². The van der Waals surface area contributed by atoms with Gasteiger partial charge in [0, 0.05) is 33.3 Å². The number of piperazine rings is 1. The van der Waals surface area contributed by atoms with Crippen LogP contribution in [0.15, 0.2) is 0 Å². The number of carbonyl (C=O) groups is 2.